The van der Waals surface area contributed by atoms with Gasteiger partial charge in [-0.05, 0) is 36.9 Å². The topological polar surface area (TPSA) is 32.3 Å². The first kappa shape index (κ1) is 18.9. The summed E-state index contributed by atoms with van der Waals surface area (Å²) in [5.74, 6) is -0.170. The highest BCUT2D eigenvalue weighted by molar-refractivity contribution is 5.85. The van der Waals surface area contributed by atoms with Gasteiger partial charge in [-0.15, -0.1) is 12.4 Å². The molecule has 1 aromatic rings. The van der Waals surface area contributed by atoms with Crippen LogP contribution in [0.1, 0.15) is 44.6 Å². The Balaban J connectivity index is 0.00000242. The van der Waals surface area contributed by atoms with Crippen molar-refractivity contribution in [2.24, 2.45) is 0 Å². The Morgan fingerprint density at radius 1 is 1.45 bits per heavy atom. The highest BCUT2D eigenvalue weighted by atomic mass is 35.5. The molecule has 1 heterocycles. The van der Waals surface area contributed by atoms with Crippen molar-refractivity contribution in [3.05, 3.63) is 35.6 Å². The van der Waals surface area contributed by atoms with Crippen LogP contribution in [-0.2, 0) is 4.79 Å². The number of rotatable bonds is 6. The van der Waals surface area contributed by atoms with Crippen molar-refractivity contribution in [2.45, 2.75) is 45.1 Å². The van der Waals surface area contributed by atoms with Gasteiger partial charge < -0.3 is 10.2 Å². The summed E-state index contributed by atoms with van der Waals surface area (Å²) in [5, 5.41) is 3.31. The third kappa shape index (κ3) is 4.68. The molecule has 22 heavy (non-hydrogen) atoms. The summed E-state index contributed by atoms with van der Waals surface area (Å²) >= 11 is 0. The third-order valence-corrected chi connectivity index (χ3v) is 4.18. The van der Waals surface area contributed by atoms with E-state index in [9.17, 15) is 9.18 Å². The summed E-state index contributed by atoms with van der Waals surface area (Å²) < 4.78 is 13.8. The van der Waals surface area contributed by atoms with E-state index in [0.29, 0.717) is 18.0 Å². The minimum Gasteiger partial charge on any atom is -0.338 e. The smallest absolute Gasteiger partial charge is 0.223 e. The summed E-state index contributed by atoms with van der Waals surface area (Å²) in [7, 11) is 0. The number of carbonyl (C=O) groups excluding carboxylic acids is 1. The van der Waals surface area contributed by atoms with Crippen molar-refractivity contribution in [3.8, 4) is 0 Å². The molecule has 0 radical (unpaired) electrons. The van der Waals surface area contributed by atoms with Gasteiger partial charge >= 0.3 is 0 Å². The molecule has 0 saturated carbocycles. The average Bonchev–Trinajstić information content (AvgIpc) is 2.98. The molecule has 0 aromatic heterocycles. The minimum absolute atomic E-state index is 0. The maximum Gasteiger partial charge on any atom is 0.223 e. The number of carbonyl (C=O) groups is 1. The molecular formula is C17H26ClFN2O. The highest BCUT2D eigenvalue weighted by Gasteiger charge is 2.27. The van der Waals surface area contributed by atoms with Gasteiger partial charge in [0.05, 0.1) is 0 Å². The van der Waals surface area contributed by atoms with Gasteiger partial charge in [0, 0.05) is 25.6 Å². The van der Waals surface area contributed by atoms with Crippen molar-refractivity contribution >= 4 is 18.3 Å². The van der Waals surface area contributed by atoms with Gasteiger partial charge in [0.25, 0.3) is 0 Å². The second-order valence-corrected chi connectivity index (χ2v) is 5.86. The summed E-state index contributed by atoms with van der Waals surface area (Å²) in [6.07, 6.45) is 2.34. The van der Waals surface area contributed by atoms with Crippen LogP contribution in [0.15, 0.2) is 24.3 Å². The van der Waals surface area contributed by atoms with Crippen LogP contribution in [0.4, 0.5) is 4.39 Å². The zero-order valence-electron chi connectivity index (χ0n) is 13.3. The molecule has 1 saturated heterocycles. The van der Waals surface area contributed by atoms with Gasteiger partial charge in [0.15, 0.2) is 0 Å². The Kier molecular flexibility index (Phi) is 7.83. The monoisotopic (exact) mass is 328 g/mol. The predicted molar refractivity (Wildman–Crippen MR) is 90.0 cm³/mol. The van der Waals surface area contributed by atoms with Crippen LogP contribution in [0.25, 0.3) is 0 Å². The minimum atomic E-state index is -0.220. The Hall–Kier alpha value is -1.13. The molecule has 1 aliphatic rings. The van der Waals surface area contributed by atoms with E-state index < -0.39 is 0 Å². The number of halogens is 2. The Morgan fingerprint density at radius 3 is 2.77 bits per heavy atom. The molecule has 0 spiro atoms. The van der Waals surface area contributed by atoms with Gasteiger partial charge in [0.2, 0.25) is 5.91 Å². The Labute approximate surface area is 138 Å². The lowest BCUT2D eigenvalue weighted by atomic mass is 9.96. The first-order chi connectivity index (χ1) is 10.1. The lowest BCUT2D eigenvalue weighted by molar-refractivity contribution is -0.133. The summed E-state index contributed by atoms with van der Waals surface area (Å²) in [5.41, 5.74) is 0.631. The van der Waals surface area contributed by atoms with Gasteiger partial charge in [-0.2, -0.15) is 0 Å². The molecule has 0 aliphatic carbocycles. The van der Waals surface area contributed by atoms with E-state index in [2.05, 4.69) is 12.2 Å². The van der Waals surface area contributed by atoms with Crippen LogP contribution >= 0.6 is 12.4 Å². The molecule has 1 amide bonds. The molecule has 0 bridgehead atoms. The molecule has 5 heteroatoms. The fourth-order valence-corrected chi connectivity index (χ4v) is 3.02. The number of nitrogens with zero attached hydrogens (tertiary/aromatic N) is 1. The maximum atomic E-state index is 13.8. The average molecular weight is 329 g/mol. The quantitative estimate of drug-likeness (QED) is 0.868. The second kappa shape index (κ2) is 9.11. The number of amides is 1. The zero-order chi connectivity index (χ0) is 15.2. The maximum absolute atomic E-state index is 13.8. The largest absolute Gasteiger partial charge is 0.338 e. The molecule has 3 nitrogen and oxygen atoms in total. The molecule has 124 valence electrons. The zero-order valence-corrected chi connectivity index (χ0v) is 14.2. The van der Waals surface area contributed by atoms with Crippen molar-refractivity contribution in [2.75, 3.05) is 19.6 Å². The van der Waals surface area contributed by atoms with Crippen LogP contribution in [0.5, 0.6) is 0 Å². The lowest BCUT2D eigenvalue weighted by Crippen LogP contribution is -2.42. The Morgan fingerprint density at radius 2 is 2.18 bits per heavy atom. The predicted octanol–water partition coefficient (Wildman–Crippen LogP) is 3.34. The van der Waals surface area contributed by atoms with Crippen molar-refractivity contribution in [1.29, 1.82) is 0 Å². The van der Waals surface area contributed by atoms with Crippen molar-refractivity contribution in [3.63, 3.8) is 0 Å². The van der Waals surface area contributed by atoms with Crippen LogP contribution in [0.2, 0.25) is 0 Å². The summed E-state index contributed by atoms with van der Waals surface area (Å²) in [4.78, 5) is 14.6. The molecule has 2 atom stereocenters. The highest BCUT2D eigenvalue weighted by Crippen LogP contribution is 2.24. The molecule has 1 aromatic carbocycles. The van der Waals surface area contributed by atoms with Crippen molar-refractivity contribution < 1.29 is 9.18 Å². The van der Waals surface area contributed by atoms with E-state index in [-0.39, 0.29) is 30.0 Å². The van der Waals surface area contributed by atoms with Crippen molar-refractivity contribution in [1.82, 2.24) is 10.2 Å². The van der Waals surface area contributed by atoms with Gasteiger partial charge in [-0.3, -0.25) is 4.79 Å². The van der Waals surface area contributed by atoms with E-state index in [4.69, 9.17) is 0 Å². The molecule has 2 unspecified atom stereocenters. The number of nitrogens with one attached hydrogen (secondary N) is 1. The van der Waals surface area contributed by atoms with Gasteiger partial charge in [-0.25, -0.2) is 4.39 Å². The van der Waals surface area contributed by atoms with Crippen LogP contribution < -0.4 is 5.32 Å². The van der Waals surface area contributed by atoms with Gasteiger partial charge in [-0.1, -0.05) is 32.0 Å². The van der Waals surface area contributed by atoms with Crippen LogP contribution in [0, 0.1) is 5.82 Å². The molecule has 2 rings (SSSR count). The second-order valence-electron chi connectivity index (χ2n) is 5.86. The standard InChI is InChI=1S/C17H25FN2O.ClH/c1-3-10-20(14-8-9-19-12-14)17(21)11-13(2)15-6-4-5-7-16(15)18;/h4-7,13-14,19H,3,8-12H2,1-2H3;1H. The van der Waals surface area contributed by atoms with Crippen LogP contribution in [0.3, 0.4) is 0 Å². The lowest BCUT2D eigenvalue weighted by Gasteiger charge is -2.29. The SMILES string of the molecule is CCCN(C(=O)CC(C)c1ccccc1F)C1CCNC1.Cl. The summed E-state index contributed by atoms with van der Waals surface area (Å²) in [6.45, 7) is 6.65. The molecule has 1 aliphatic heterocycles. The third-order valence-electron chi connectivity index (χ3n) is 4.18. The summed E-state index contributed by atoms with van der Waals surface area (Å²) in [6, 6.07) is 7.03. The molecule has 1 N–H and O–H groups in total. The van der Waals surface area contributed by atoms with E-state index in [1.54, 1.807) is 12.1 Å². The first-order valence-electron chi connectivity index (χ1n) is 7.88. The molecule has 1 fully saturated rings. The van der Waals surface area contributed by atoms with E-state index >= 15 is 0 Å². The first-order valence-corrected chi connectivity index (χ1v) is 7.88. The Bertz CT molecular complexity index is 477. The number of benzene rings is 1. The number of hydrogen-bond acceptors (Lipinski definition) is 2. The van der Waals surface area contributed by atoms with E-state index in [1.165, 1.54) is 6.07 Å². The van der Waals surface area contributed by atoms with Gasteiger partial charge in [0.1, 0.15) is 5.82 Å². The number of hydrogen-bond donors (Lipinski definition) is 1. The fraction of sp³-hybridized carbons (Fsp3) is 0.588. The molecular weight excluding hydrogens is 303 g/mol. The normalized spacial score (nSPS) is 18.6. The van der Waals surface area contributed by atoms with E-state index in [0.717, 1.165) is 32.5 Å². The van der Waals surface area contributed by atoms with Crippen LogP contribution in [-0.4, -0.2) is 36.5 Å². The van der Waals surface area contributed by atoms with E-state index in [1.807, 2.05) is 17.9 Å². The fourth-order valence-electron chi connectivity index (χ4n) is 3.02.